The van der Waals surface area contributed by atoms with Gasteiger partial charge in [-0.3, -0.25) is 9.59 Å². The van der Waals surface area contributed by atoms with E-state index in [1.165, 1.54) is 0 Å². The van der Waals surface area contributed by atoms with Gasteiger partial charge in [-0.15, -0.1) is 0 Å². The van der Waals surface area contributed by atoms with E-state index in [4.69, 9.17) is 9.47 Å². The number of aryl methyl sites for hydroxylation is 1. The Labute approximate surface area is 170 Å². The summed E-state index contributed by atoms with van der Waals surface area (Å²) in [6, 6.07) is 14.4. The molecule has 0 bridgehead atoms. The van der Waals surface area contributed by atoms with Gasteiger partial charge in [0, 0.05) is 18.7 Å². The molecular weight excluding hydrogens is 370 g/mol. The van der Waals surface area contributed by atoms with E-state index in [0.717, 1.165) is 30.6 Å². The molecule has 0 aromatic heterocycles. The first-order chi connectivity index (χ1) is 14.1. The van der Waals surface area contributed by atoms with Crippen LogP contribution in [0.4, 0.5) is 0 Å². The smallest absolute Gasteiger partial charge is 0.271 e. The number of nitrogens with one attached hydrogen (secondary N) is 2. The van der Waals surface area contributed by atoms with Crippen molar-refractivity contribution in [1.82, 2.24) is 10.7 Å². The number of rotatable bonds is 8. The predicted molar refractivity (Wildman–Crippen MR) is 110 cm³/mol. The third kappa shape index (κ3) is 6.43. The Morgan fingerprint density at radius 2 is 2.00 bits per heavy atom. The Kier molecular flexibility index (Phi) is 7.35. The van der Waals surface area contributed by atoms with Crippen molar-refractivity contribution in [2.24, 2.45) is 5.10 Å². The third-order valence-electron chi connectivity index (χ3n) is 4.57. The van der Waals surface area contributed by atoms with E-state index in [9.17, 15) is 9.59 Å². The zero-order valence-corrected chi connectivity index (χ0v) is 16.4. The molecule has 7 nitrogen and oxygen atoms in total. The van der Waals surface area contributed by atoms with E-state index >= 15 is 0 Å². The highest BCUT2D eigenvalue weighted by Crippen LogP contribution is 2.12. The highest BCUT2D eigenvalue weighted by Gasteiger charge is 2.16. The lowest BCUT2D eigenvalue weighted by Crippen LogP contribution is -2.35. The maximum atomic E-state index is 12.1. The van der Waals surface area contributed by atoms with Gasteiger partial charge in [-0.05, 0) is 61.2 Å². The molecule has 1 saturated heterocycles. The van der Waals surface area contributed by atoms with Crippen molar-refractivity contribution >= 4 is 18.0 Å². The normalized spacial score (nSPS) is 16.0. The number of nitrogens with zero attached hydrogens (tertiary/aromatic N) is 1. The first kappa shape index (κ1) is 20.5. The topological polar surface area (TPSA) is 89.0 Å². The van der Waals surface area contributed by atoms with Crippen LogP contribution >= 0.6 is 0 Å². The van der Waals surface area contributed by atoms with Crippen LogP contribution in [0.2, 0.25) is 0 Å². The predicted octanol–water partition coefficient (Wildman–Crippen LogP) is 2.43. The molecule has 1 atom stereocenters. The van der Waals surface area contributed by atoms with Crippen molar-refractivity contribution in [1.29, 1.82) is 0 Å². The van der Waals surface area contributed by atoms with Crippen molar-refractivity contribution in [3.63, 3.8) is 0 Å². The van der Waals surface area contributed by atoms with Gasteiger partial charge in [0.15, 0.2) is 6.61 Å². The minimum atomic E-state index is -0.256. The molecule has 1 aliphatic rings. The fourth-order valence-corrected chi connectivity index (χ4v) is 2.94. The molecule has 2 N–H and O–H groups in total. The van der Waals surface area contributed by atoms with E-state index in [-0.39, 0.29) is 24.5 Å². The van der Waals surface area contributed by atoms with Gasteiger partial charge in [-0.1, -0.05) is 18.2 Å². The monoisotopic (exact) mass is 395 g/mol. The van der Waals surface area contributed by atoms with Crippen molar-refractivity contribution in [2.75, 3.05) is 19.8 Å². The molecule has 7 heteroatoms. The Hall–Kier alpha value is -3.19. The van der Waals surface area contributed by atoms with Crippen LogP contribution in [0.15, 0.2) is 53.6 Å². The van der Waals surface area contributed by atoms with Gasteiger partial charge in [0.25, 0.3) is 11.8 Å². The fourth-order valence-electron chi connectivity index (χ4n) is 2.94. The van der Waals surface area contributed by atoms with Crippen molar-refractivity contribution in [2.45, 2.75) is 25.9 Å². The molecule has 0 aliphatic carbocycles. The number of ether oxygens (including phenoxy) is 2. The summed E-state index contributed by atoms with van der Waals surface area (Å²) in [7, 11) is 0. The standard InChI is InChI=1S/C22H25N3O4/c1-16-5-2-3-7-20(16)22(27)25-24-13-17-8-10-18(11-9-17)29-15-21(26)23-14-19-6-4-12-28-19/h2-3,5,7-11,13,19H,4,6,12,14-15H2,1H3,(H,23,26)(H,25,27)/b24-13+/t19-/m0/s1. The number of amides is 2. The van der Waals surface area contributed by atoms with Gasteiger partial charge in [-0.2, -0.15) is 5.10 Å². The number of hydrogen-bond acceptors (Lipinski definition) is 5. The number of benzene rings is 2. The molecule has 0 radical (unpaired) electrons. The Balaban J connectivity index is 1.41. The second-order valence-corrected chi connectivity index (χ2v) is 6.81. The summed E-state index contributed by atoms with van der Waals surface area (Å²) in [6.45, 7) is 3.11. The number of hydrogen-bond donors (Lipinski definition) is 2. The molecule has 152 valence electrons. The summed E-state index contributed by atoms with van der Waals surface area (Å²) in [4.78, 5) is 23.9. The fraction of sp³-hybridized carbons (Fsp3) is 0.318. The Morgan fingerprint density at radius 3 is 2.72 bits per heavy atom. The summed E-state index contributed by atoms with van der Waals surface area (Å²) < 4.78 is 10.9. The molecule has 0 saturated carbocycles. The molecule has 2 amide bonds. The van der Waals surface area contributed by atoms with E-state index in [0.29, 0.717) is 17.9 Å². The van der Waals surface area contributed by atoms with Crippen LogP contribution in [0.5, 0.6) is 5.75 Å². The van der Waals surface area contributed by atoms with Crippen molar-refractivity contribution in [3.8, 4) is 5.75 Å². The minimum absolute atomic E-state index is 0.0490. The van der Waals surface area contributed by atoms with Crippen LogP contribution in [-0.4, -0.2) is 43.9 Å². The van der Waals surface area contributed by atoms with Gasteiger partial charge in [-0.25, -0.2) is 5.43 Å². The molecule has 3 rings (SSSR count). The molecule has 0 unspecified atom stereocenters. The number of carbonyl (C=O) groups is 2. The molecule has 29 heavy (non-hydrogen) atoms. The van der Waals surface area contributed by atoms with E-state index in [2.05, 4.69) is 15.8 Å². The average Bonchev–Trinajstić information content (AvgIpc) is 3.25. The highest BCUT2D eigenvalue weighted by molar-refractivity contribution is 5.96. The Bertz CT molecular complexity index is 859. The van der Waals surface area contributed by atoms with Crippen molar-refractivity contribution < 1.29 is 19.1 Å². The van der Waals surface area contributed by atoms with Gasteiger partial charge in [0.2, 0.25) is 0 Å². The maximum absolute atomic E-state index is 12.1. The van der Waals surface area contributed by atoms with E-state index < -0.39 is 0 Å². The lowest BCUT2D eigenvalue weighted by Gasteiger charge is -2.11. The zero-order valence-electron chi connectivity index (χ0n) is 16.4. The first-order valence-corrected chi connectivity index (χ1v) is 9.62. The van der Waals surface area contributed by atoms with Crippen molar-refractivity contribution in [3.05, 3.63) is 65.2 Å². The largest absolute Gasteiger partial charge is 0.484 e. The quantitative estimate of drug-likeness (QED) is 0.531. The van der Waals surface area contributed by atoms with Crippen LogP contribution in [0.1, 0.15) is 34.3 Å². The molecular formula is C22H25N3O4. The van der Waals surface area contributed by atoms with Crippen LogP contribution in [0.25, 0.3) is 0 Å². The zero-order chi connectivity index (χ0) is 20.5. The van der Waals surface area contributed by atoms with Crippen LogP contribution < -0.4 is 15.5 Å². The van der Waals surface area contributed by atoms with Gasteiger partial charge in [0.1, 0.15) is 5.75 Å². The van der Waals surface area contributed by atoms with E-state index in [1.54, 1.807) is 36.5 Å². The van der Waals surface area contributed by atoms with Crippen LogP contribution in [0.3, 0.4) is 0 Å². The summed E-state index contributed by atoms with van der Waals surface area (Å²) in [5, 5.41) is 6.80. The second kappa shape index (κ2) is 10.4. The van der Waals surface area contributed by atoms with Gasteiger partial charge < -0.3 is 14.8 Å². The third-order valence-corrected chi connectivity index (χ3v) is 4.57. The molecule has 1 fully saturated rings. The van der Waals surface area contributed by atoms with Gasteiger partial charge >= 0.3 is 0 Å². The summed E-state index contributed by atoms with van der Waals surface area (Å²) in [5.41, 5.74) is 4.79. The number of carbonyl (C=O) groups excluding carboxylic acids is 2. The lowest BCUT2D eigenvalue weighted by atomic mass is 10.1. The lowest BCUT2D eigenvalue weighted by molar-refractivity contribution is -0.123. The maximum Gasteiger partial charge on any atom is 0.271 e. The van der Waals surface area contributed by atoms with Crippen LogP contribution in [0, 0.1) is 6.92 Å². The van der Waals surface area contributed by atoms with Crippen LogP contribution in [-0.2, 0) is 9.53 Å². The number of hydrazone groups is 1. The highest BCUT2D eigenvalue weighted by atomic mass is 16.5. The average molecular weight is 395 g/mol. The summed E-state index contributed by atoms with van der Waals surface area (Å²) in [5.74, 6) is 0.150. The SMILES string of the molecule is Cc1ccccc1C(=O)N/N=C/c1ccc(OCC(=O)NC[C@@H]2CCCO2)cc1. The molecule has 2 aromatic rings. The summed E-state index contributed by atoms with van der Waals surface area (Å²) in [6.07, 6.45) is 3.69. The molecule has 0 spiro atoms. The Morgan fingerprint density at radius 1 is 1.21 bits per heavy atom. The molecule has 1 aliphatic heterocycles. The molecule has 2 aromatic carbocycles. The molecule has 1 heterocycles. The second-order valence-electron chi connectivity index (χ2n) is 6.81. The van der Waals surface area contributed by atoms with Gasteiger partial charge in [0.05, 0.1) is 12.3 Å². The van der Waals surface area contributed by atoms with E-state index in [1.807, 2.05) is 25.1 Å². The minimum Gasteiger partial charge on any atom is -0.484 e. The summed E-state index contributed by atoms with van der Waals surface area (Å²) >= 11 is 0. The first-order valence-electron chi connectivity index (χ1n) is 9.62.